The van der Waals surface area contributed by atoms with Gasteiger partial charge in [0.25, 0.3) is 0 Å². The lowest BCUT2D eigenvalue weighted by atomic mass is 9.98. The molecule has 0 aliphatic heterocycles. The van der Waals surface area contributed by atoms with Crippen LogP contribution in [0.2, 0.25) is 0 Å². The number of aliphatic carboxylic acids is 1. The van der Waals surface area contributed by atoms with Crippen molar-refractivity contribution < 1.29 is 44.1 Å². The van der Waals surface area contributed by atoms with Crippen LogP contribution in [0.25, 0.3) is 0 Å². The smallest absolute Gasteiger partial charge is 0.326 e. The summed E-state index contributed by atoms with van der Waals surface area (Å²) in [7, 11) is 0. The number of phenols is 2. The summed E-state index contributed by atoms with van der Waals surface area (Å²) >= 11 is 1.40. The maximum Gasteiger partial charge on any atom is 0.326 e. The summed E-state index contributed by atoms with van der Waals surface area (Å²) in [5, 5.41) is 42.4. The van der Waals surface area contributed by atoms with Crippen LogP contribution in [0.5, 0.6) is 11.5 Å². The molecule has 0 spiro atoms. The molecule has 0 saturated heterocycles. The first-order valence-electron chi connectivity index (χ1n) is 19.4. The molecule has 2 aromatic carbocycles. The molecule has 0 aromatic heterocycles. The number of nitrogens with one attached hydrogen (secondary N) is 5. The number of hydrogen-bond donors (Lipinski definition) is 11. The molecule has 2 rings (SSSR count). The minimum Gasteiger partial charge on any atom is -0.508 e. The molecule has 6 atom stereocenters. The molecule has 0 aliphatic carbocycles. The molecule has 14 N–H and O–H groups in total. The van der Waals surface area contributed by atoms with Crippen molar-refractivity contribution in [3.8, 4) is 11.5 Å². The van der Waals surface area contributed by atoms with Gasteiger partial charge in [-0.25, -0.2) is 4.79 Å². The van der Waals surface area contributed by atoms with E-state index in [9.17, 15) is 44.1 Å². The highest BCUT2D eigenvalue weighted by Crippen LogP contribution is 2.15. The van der Waals surface area contributed by atoms with Gasteiger partial charge in [-0.1, -0.05) is 52.0 Å². The van der Waals surface area contributed by atoms with Crippen molar-refractivity contribution in [1.29, 1.82) is 0 Å². The zero-order valence-electron chi connectivity index (χ0n) is 34.3. The summed E-state index contributed by atoms with van der Waals surface area (Å²) in [6, 6.07) is 5.04. The predicted octanol–water partition coefficient (Wildman–Crippen LogP) is 0.228. The molecule has 5 amide bonds. The molecule has 0 fully saturated rings. The highest BCUT2D eigenvalue weighted by Gasteiger charge is 2.34. The molecule has 19 heteroatoms. The lowest BCUT2D eigenvalue weighted by Crippen LogP contribution is -2.60. The van der Waals surface area contributed by atoms with E-state index in [1.807, 2.05) is 13.8 Å². The molecule has 2 aromatic rings. The number of aromatic hydroxyl groups is 2. The molecule has 59 heavy (non-hydrogen) atoms. The van der Waals surface area contributed by atoms with E-state index in [1.165, 1.54) is 36.0 Å². The lowest BCUT2D eigenvalue weighted by Gasteiger charge is -2.29. The van der Waals surface area contributed by atoms with Gasteiger partial charge in [0.05, 0.1) is 6.04 Å². The number of carboxylic acids is 1. The summed E-state index contributed by atoms with van der Waals surface area (Å²) in [5.41, 5.74) is 18.4. The van der Waals surface area contributed by atoms with Crippen molar-refractivity contribution in [1.82, 2.24) is 26.6 Å². The van der Waals surface area contributed by atoms with Crippen molar-refractivity contribution in [2.24, 2.45) is 34.0 Å². The van der Waals surface area contributed by atoms with Crippen LogP contribution in [0, 0.1) is 11.8 Å². The van der Waals surface area contributed by atoms with Gasteiger partial charge in [0.15, 0.2) is 5.96 Å². The average molecular weight is 844 g/mol. The van der Waals surface area contributed by atoms with E-state index >= 15 is 0 Å². The van der Waals surface area contributed by atoms with Gasteiger partial charge in [-0.2, -0.15) is 11.8 Å². The van der Waals surface area contributed by atoms with Gasteiger partial charge in [0.2, 0.25) is 29.5 Å². The molecule has 0 heterocycles. The van der Waals surface area contributed by atoms with Crippen LogP contribution in [-0.4, -0.2) is 112 Å². The largest absolute Gasteiger partial charge is 0.508 e. The third-order valence-electron chi connectivity index (χ3n) is 9.13. The monoisotopic (exact) mass is 843 g/mol. The van der Waals surface area contributed by atoms with Gasteiger partial charge >= 0.3 is 5.97 Å². The Kier molecular flexibility index (Phi) is 21.0. The summed E-state index contributed by atoms with van der Waals surface area (Å²) in [6.45, 7) is 7.21. The topological polar surface area (TPSA) is 314 Å². The van der Waals surface area contributed by atoms with Gasteiger partial charge in [-0.15, -0.1) is 0 Å². The van der Waals surface area contributed by atoms with Gasteiger partial charge in [0, 0.05) is 13.0 Å². The number of guanidine groups is 1. The van der Waals surface area contributed by atoms with E-state index in [-0.39, 0.29) is 68.4 Å². The molecule has 326 valence electrons. The zero-order valence-corrected chi connectivity index (χ0v) is 35.1. The fraction of sp³-hybridized carbons (Fsp3) is 0.525. The number of phenolic OH excluding ortho intramolecular Hbond substituents is 2. The molecule has 0 saturated carbocycles. The number of nitrogens with two attached hydrogens (primary N) is 3. The lowest BCUT2D eigenvalue weighted by molar-refractivity contribution is -0.142. The van der Waals surface area contributed by atoms with Crippen LogP contribution in [0.1, 0.15) is 64.5 Å². The van der Waals surface area contributed by atoms with Crippen molar-refractivity contribution in [3.63, 3.8) is 0 Å². The number of amides is 5. The minimum atomic E-state index is -1.30. The predicted molar refractivity (Wildman–Crippen MR) is 226 cm³/mol. The number of carbonyl (C=O) groups is 6. The Balaban J connectivity index is 2.35. The fourth-order valence-corrected chi connectivity index (χ4v) is 6.37. The number of nitrogens with zero attached hydrogens (tertiary/aromatic N) is 1. The zero-order chi connectivity index (χ0) is 44.2. The Morgan fingerprint density at radius 3 is 1.66 bits per heavy atom. The van der Waals surface area contributed by atoms with Crippen LogP contribution in [0.15, 0.2) is 53.5 Å². The first-order chi connectivity index (χ1) is 27.8. The quantitative estimate of drug-likeness (QED) is 0.0363. The van der Waals surface area contributed by atoms with E-state index in [1.54, 1.807) is 44.4 Å². The molecular weight excluding hydrogens is 783 g/mol. The molecular formula is C40H61N9O9S. The Morgan fingerprint density at radius 1 is 0.661 bits per heavy atom. The van der Waals surface area contributed by atoms with Crippen molar-refractivity contribution in [2.75, 3.05) is 18.6 Å². The second kappa shape index (κ2) is 25.0. The standard InChI is InChI=1S/C40H61N9O9S/c1-22(2)19-31(47-34(52)28(41)20-24-8-12-26(50)13-9-24)37(55)49-33(23(3)4)38(56)45-29(7-6-17-44-40(42)43)35(53)48-32(21-25-10-14-27(51)15-11-25)36(54)46-30(39(57)58)16-18-59-5/h8-15,22-23,28-33,50-51H,6-7,16-21,41H2,1-5H3,(H,45,56)(H,46,54)(H,47,52)(H,48,53)(H,49,55)(H,57,58)(H4,42,43,44). The fourth-order valence-electron chi connectivity index (χ4n) is 5.90. The molecule has 0 radical (unpaired) electrons. The summed E-state index contributed by atoms with van der Waals surface area (Å²) in [6.07, 6.45) is 2.41. The Hall–Kier alpha value is -5.56. The van der Waals surface area contributed by atoms with Crippen LogP contribution in [-0.2, 0) is 41.6 Å². The van der Waals surface area contributed by atoms with Crippen molar-refractivity contribution >= 4 is 53.2 Å². The van der Waals surface area contributed by atoms with E-state index in [0.717, 1.165) is 0 Å². The second-order valence-corrected chi connectivity index (χ2v) is 16.0. The van der Waals surface area contributed by atoms with Gasteiger partial charge in [-0.05, 0) is 91.3 Å². The van der Waals surface area contributed by atoms with Crippen molar-refractivity contribution in [2.45, 2.75) is 102 Å². The maximum absolute atomic E-state index is 14.0. The van der Waals surface area contributed by atoms with Crippen LogP contribution in [0.3, 0.4) is 0 Å². The number of hydrogen-bond acceptors (Lipinski definition) is 11. The van der Waals surface area contributed by atoms with Gasteiger partial charge < -0.3 is 59.1 Å². The highest BCUT2D eigenvalue weighted by molar-refractivity contribution is 7.98. The normalized spacial score (nSPS) is 14.2. The van der Waals surface area contributed by atoms with Crippen LogP contribution >= 0.6 is 11.8 Å². The number of benzene rings is 2. The Labute approximate surface area is 349 Å². The number of thioether (sulfide) groups is 1. The number of rotatable bonds is 25. The van der Waals surface area contributed by atoms with Gasteiger partial charge in [-0.3, -0.25) is 29.0 Å². The number of aliphatic imine (C=N–C) groups is 1. The summed E-state index contributed by atoms with van der Waals surface area (Å²) < 4.78 is 0. The Morgan fingerprint density at radius 2 is 1.15 bits per heavy atom. The first-order valence-corrected chi connectivity index (χ1v) is 20.8. The molecule has 6 unspecified atom stereocenters. The number of carboxylic acid groups (broad SMARTS) is 1. The summed E-state index contributed by atoms with van der Waals surface area (Å²) in [5.74, 6) is -5.01. The number of carbonyl (C=O) groups excluding carboxylic acids is 5. The average Bonchev–Trinajstić information content (AvgIpc) is 3.16. The van der Waals surface area contributed by atoms with E-state index < -0.39 is 77.7 Å². The van der Waals surface area contributed by atoms with E-state index in [2.05, 4.69) is 31.6 Å². The maximum atomic E-state index is 14.0. The van der Waals surface area contributed by atoms with E-state index in [4.69, 9.17) is 17.2 Å². The third-order valence-corrected chi connectivity index (χ3v) is 9.77. The minimum absolute atomic E-state index is 0.00289. The summed E-state index contributed by atoms with van der Waals surface area (Å²) in [4.78, 5) is 84.5. The SMILES string of the molecule is CSCCC(NC(=O)C(Cc1ccc(O)cc1)NC(=O)C(CCCN=C(N)N)NC(=O)C(NC(=O)C(CC(C)C)NC(=O)C(N)Cc1ccc(O)cc1)C(C)C)C(=O)O. The van der Waals surface area contributed by atoms with Crippen molar-refractivity contribution in [3.05, 3.63) is 59.7 Å². The van der Waals surface area contributed by atoms with Gasteiger partial charge in [0.1, 0.15) is 41.7 Å². The highest BCUT2D eigenvalue weighted by atomic mass is 32.2. The first kappa shape index (κ1) is 49.6. The third kappa shape index (κ3) is 18.3. The Bertz CT molecular complexity index is 1720. The molecule has 0 bridgehead atoms. The molecule has 0 aliphatic rings. The molecule has 18 nitrogen and oxygen atoms in total. The van der Waals surface area contributed by atoms with Crippen LogP contribution in [0.4, 0.5) is 0 Å². The second-order valence-electron chi connectivity index (χ2n) is 15.0. The van der Waals surface area contributed by atoms with E-state index in [0.29, 0.717) is 16.9 Å². The van der Waals surface area contributed by atoms with Crippen LogP contribution < -0.4 is 43.8 Å².